The molecular formula is C12H22O5. The lowest BCUT2D eigenvalue weighted by Gasteiger charge is -2.05. The van der Waals surface area contributed by atoms with Crippen LogP contribution in [0.3, 0.4) is 0 Å². The molecule has 0 amide bonds. The van der Waals surface area contributed by atoms with Crippen LogP contribution < -0.4 is 0 Å². The Morgan fingerprint density at radius 1 is 0.706 bits per heavy atom. The number of rotatable bonds is 10. The van der Waals surface area contributed by atoms with E-state index in [-0.39, 0.29) is 11.9 Å². The summed E-state index contributed by atoms with van der Waals surface area (Å²) < 4.78 is 14.9. The van der Waals surface area contributed by atoms with E-state index in [1.807, 2.05) is 0 Å². The summed E-state index contributed by atoms with van der Waals surface area (Å²) in [7, 11) is 0. The SMILES string of the molecule is CC(=O)OCCCCOCCCCOC(C)=O. The van der Waals surface area contributed by atoms with Gasteiger partial charge in [0.05, 0.1) is 13.2 Å². The number of carbonyl (C=O) groups excluding carboxylic acids is 2. The van der Waals surface area contributed by atoms with E-state index in [9.17, 15) is 9.59 Å². The molecule has 0 spiro atoms. The number of esters is 2. The molecule has 0 aliphatic heterocycles. The van der Waals surface area contributed by atoms with Gasteiger partial charge in [-0.3, -0.25) is 9.59 Å². The van der Waals surface area contributed by atoms with E-state index in [2.05, 4.69) is 0 Å². The quantitative estimate of drug-likeness (QED) is 0.433. The summed E-state index contributed by atoms with van der Waals surface area (Å²) in [4.78, 5) is 20.9. The predicted molar refractivity (Wildman–Crippen MR) is 62.6 cm³/mol. The fourth-order valence-corrected chi connectivity index (χ4v) is 1.15. The first-order chi connectivity index (χ1) is 8.13. The second-order valence-corrected chi connectivity index (χ2v) is 3.71. The van der Waals surface area contributed by atoms with E-state index in [1.54, 1.807) is 0 Å². The van der Waals surface area contributed by atoms with Crippen molar-refractivity contribution in [3.63, 3.8) is 0 Å². The molecule has 0 aromatic rings. The van der Waals surface area contributed by atoms with Gasteiger partial charge in [0.15, 0.2) is 0 Å². The molecule has 5 heteroatoms. The molecule has 5 nitrogen and oxygen atoms in total. The van der Waals surface area contributed by atoms with Crippen LogP contribution in [0.25, 0.3) is 0 Å². The van der Waals surface area contributed by atoms with Gasteiger partial charge in [0, 0.05) is 27.1 Å². The van der Waals surface area contributed by atoms with Crippen LogP contribution >= 0.6 is 0 Å². The molecule has 0 saturated heterocycles. The summed E-state index contributed by atoms with van der Waals surface area (Å²) in [6.07, 6.45) is 3.43. The van der Waals surface area contributed by atoms with Gasteiger partial charge in [0.25, 0.3) is 0 Å². The molecule has 0 aromatic heterocycles. The molecule has 0 radical (unpaired) electrons. The van der Waals surface area contributed by atoms with Crippen LogP contribution in [0.2, 0.25) is 0 Å². The Hall–Kier alpha value is -1.10. The van der Waals surface area contributed by atoms with Crippen LogP contribution in [0.1, 0.15) is 39.5 Å². The lowest BCUT2D eigenvalue weighted by Crippen LogP contribution is -2.04. The second kappa shape index (κ2) is 11.4. The summed E-state index contributed by atoms with van der Waals surface area (Å²) in [6, 6.07) is 0. The Morgan fingerprint density at radius 2 is 1.06 bits per heavy atom. The van der Waals surface area contributed by atoms with Gasteiger partial charge < -0.3 is 14.2 Å². The van der Waals surface area contributed by atoms with Crippen molar-refractivity contribution in [1.29, 1.82) is 0 Å². The lowest BCUT2D eigenvalue weighted by atomic mass is 10.3. The third-order valence-electron chi connectivity index (χ3n) is 1.98. The molecule has 0 bridgehead atoms. The van der Waals surface area contributed by atoms with Crippen LogP contribution in [0, 0.1) is 0 Å². The van der Waals surface area contributed by atoms with Crippen molar-refractivity contribution >= 4 is 11.9 Å². The monoisotopic (exact) mass is 246 g/mol. The Balaban J connectivity index is 2.98. The number of hydrogen-bond donors (Lipinski definition) is 0. The van der Waals surface area contributed by atoms with Gasteiger partial charge in [-0.25, -0.2) is 0 Å². The molecule has 0 saturated carbocycles. The first-order valence-corrected chi connectivity index (χ1v) is 5.97. The van der Waals surface area contributed by atoms with Crippen molar-refractivity contribution in [1.82, 2.24) is 0 Å². The molecule has 0 aliphatic carbocycles. The summed E-state index contributed by atoms with van der Waals surface area (Å²) in [5, 5.41) is 0. The molecule has 0 N–H and O–H groups in total. The zero-order chi connectivity index (χ0) is 12.9. The largest absolute Gasteiger partial charge is 0.466 e. The van der Waals surface area contributed by atoms with Crippen LogP contribution in [-0.2, 0) is 23.8 Å². The third-order valence-corrected chi connectivity index (χ3v) is 1.98. The molecule has 0 heterocycles. The van der Waals surface area contributed by atoms with E-state index in [4.69, 9.17) is 14.2 Å². The molecule has 0 atom stereocenters. The highest BCUT2D eigenvalue weighted by Crippen LogP contribution is 1.95. The maximum atomic E-state index is 10.4. The Labute approximate surface area is 102 Å². The molecule has 100 valence electrons. The average Bonchev–Trinajstić information content (AvgIpc) is 2.25. The normalized spacial score (nSPS) is 10.0. The number of unbranched alkanes of at least 4 members (excludes halogenated alkanes) is 2. The van der Waals surface area contributed by atoms with Gasteiger partial charge >= 0.3 is 11.9 Å². The second-order valence-electron chi connectivity index (χ2n) is 3.71. The van der Waals surface area contributed by atoms with Crippen LogP contribution in [0.4, 0.5) is 0 Å². The Kier molecular flexibility index (Phi) is 10.7. The summed E-state index contributed by atoms with van der Waals surface area (Å²) in [6.45, 7) is 5.08. The molecular weight excluding hydrogens is 224 g/mol. The highest BCUT2D eigenvalue weighted by molar-refractivity contribution is 5.66. The van der Waals surface area contributed by atoms with Crippen molar-refractivity contribution in [2.24, 2.45) is 0 Å². The minimum atomic E-state index is -0.239. The number of hydrogen-bond acceptors (Lipinski definition) is 5. The van der Waals surface area contributed by atoms with E-state index < -0.39 is 0 Å². The maximum absolute atomic E-state index is 10.4. The first kappa shape index (κ1) is 15.9. The fourth-order valence-electron chi connectivity index (χ4n) is 1.15. The Morgan fingerprint density at radius 3 is 1.41 bits per heavy atom. The topological polar surface area (TPSA) is 61.8 Å². The van der Waals surface area contributed by atoms with Gasteiger partial charge in [-0.1, -0.05) is 0 Å². The summed E-state index contributed by atoms with van der Waals surface area (Å²) in [5.74, 6) is -0.479. The van der Waals surface area contributed by atoms with E-state index in [1.165, 1.54) is 13.8 Å². The predicted octanol–water partition coefficient (Wildman–Crippen LogP) is 1.69. The average molecular weight is 246 g/mol. The lowest BCUT2D eigenvalue weighted by molar-refractivity contribution is -0.142. The first-order valence-electron chi connectivity index (χ1n) is 5.97. The molecule has 0 unspecified atom stereocenters. The van der Waals surface area contributed by atoms with Crippen molar-refractivity contribution in [2.45, 2.75) is 39.5 Å². The van der Waals surface area contributed by atoms with E-state index in [0.29, 0.717) is 26.4 Å². The van der Waals surface area contributed by atoms with Crippen LogP contribution in [0.15, 0.2) is 0 Å². The third kappa shape index (κ3) is 14.9. The zero-order valence-corrected chi connectivity index (χ0v) is 10.7. The molecule has 0 aromatic carbocycles. The van der Waals surface area contributed by atoms with Crippen molar-refractivity contribution in [3.8, 4) is 0 Å². The van der Waals surface area contributed by atoms with Gasteiger partial charge in [-0.05, 0) is 25.7 Å². The highest BCUT2D eigenvalue weighted by atomic mass is 16.5. The van der Waals surface area contributed by atoms with Crippen molar-refractivity contribution < 1.29 is 23.8 Å². The van der Waals surface area contributed by atoms with Crippen LogP contribution in [0.5, 0.6) is 0 Å². The van der Waals surface area contributed by atoms with Gasteiger partial charge in [-0.2, -0.15) is 0 Å². The zero-order valence-electron chi connectivity index (χ0n) is 10.7. The number of ether oxygens (including phenoxy) is 3. The smallest absolute Gasteiger partial charge is 0.302 e. The minimum absolute atomic E-state index is 0.239. The van der Waals surface area contributed by atoms with Gasteiger partial charge in [0.2, 0.25) is 0 Å². The molecule has 0 aliphatic rings. The fraction of sp³-hybridized carbons (Fsp3) is 0.833. The summed E-state index contributed by atoms with van der Waals surface area (Å²) >= 11 is 0. The van der Waals surface area contributed by atoms with Crippen molar-refractivity contribution in [3.05, 3.63) is 0 Å². The molecule has 0 rings (SSSR count). The molecule has 0 fully saturated rings. The van der Waals surface area contributed by atoms with Crippen LogP contribution in [-0.4, -0.2) is 38.4 Å². The van der Waals surface area contributed by atoms with Crippen molar-refractivity contribution in [2.75, 3.05) is 26.4 Å². The summed E-state index contributed by atoms with van der Waals surface area (Å²) in [5.41, 5.74) is 0. The standard InChI is InChI=1S/C12H22O5/c1-11(13)16-9-5-3-7-15-8-4-6-10-17-12(2)14/h3-10H2,1-2H3. The van der Waals surface area contributed by atoms with E-state index in [0.717, 1.165) is 25.7 Å². The number of carbonyl (C=O) groups is 2. The molecule has 17 heavy (non-hydrogen) atoms. The van der Waals surface area contributed by atoms with Gasteiger partial charge in [-0.15, -0.1) is 0 Å². The van der Waals surface area contributed by atoms with Gasteiger partial charge in [0.1, 0.15) is 0 Å². The highest BCUT2D eigenvalue weighted by Gasteiger charge is 1.95. The Bertz CT molecular complexity index is 193. The van der Waals surface area contributed by atoms with E-state index >= 15 is 0 Å². The minimum Gasteiger partial charge on any atom is -0.466 e. The maximum Gasteiger partial charge on any atom is 0.302 e.